The number of nitrogens with one attached hydrogen (secondary N) is 1. The van der Waals surface area contributed by atoms with Crippen LogP contribution in [0.15, 0.2) is 10.9 Å². The molecule has 0 spiro atoms. The van der Waals surface area contributed by atoms with Gasteiger partial charge in [-0.25, -0.2) is 4.39 Å². The first-order chi connectivity index (χ1) is 5.52. The van der Waals surface area contributed by atoms with E-state index in [1.807, 2.05) is 13.8 Å². The van der Waals surface area contributed by atoms with Gasteiger partial charge in [0.15, 0.2) is 0 Å². The quantitative estimate of drug-likeness (QED) is 0.684. The number of hydrogen-bond acceptors (Lipinski definition) is 1. The van der Waals surface area contributed by atoms with Gasteiger partial charge in [-0.1, -0.05) is 13.8 Å². The third-order valence-electron chi connectivity index (χ3n) is 1.83. The predicted molar refractivity (Wildman–Crippen MR) is 45.8 cm³/mol. The van der Waals surface area contributed by atoms with Crippen molar-refractivity contribution in [3.8, 4) is 0 Å². The smallest absolute Gasteiger partial charge is 0.251 e. The van der Waals surface area contributed by atoms with Gasteiger partial charge in [0, 0.05) is 5.56 Å². The zero-order valence-corrected chi connectivity index (χ0v) is 7.44. The highest BCUT2D eigenvalue weighted by molar-refractivity contribution is 5.18. The normalized spacial score (nSPS) is 10.8. The summed E-state index contributed by atoms with van der Waals surface area (Å²) in [4.78, 5) is 13.7. The van der Waals surface area contributed by atoms with Crippen molar-refractivity contribution in [2.24, 2.45) is 0 Å². The molecule has 1 aromatic rings. The second kappa shape index (κ2) is 3.09. The molecule has 1 rings (SSSR count). The lowest BCUT2D eigenvalue weighted by Crippen LogP contribution is -2.15. The third-order valence-corrected chi connectivity index (χ3v) is 1.83. The molecule has 0 aliphatic rings. The van der Waals surface area contributed by atoms with Crippen LogP contribution >= 0.6 is 0 Å². The fraction of sp³-hybridized carbons (Fsp3) is 0.444. The van der Waals surface area contributed by atoms with E-state index in [0.717, 1.165) is 0 Å². The van der Waals surface area contributed by atoms with Crippen LogP contribution in [0.5, 0.6) is 0 Å². The fourth-order valence-corrected chi connectivity index (χ4v) is 1.04. The van der Waals surface area contributed by atoms with Gasteiger partial charge in [-0.05, 0) is 18.9 Å². The van der Waals surface area contributed by atoms with E-state index in [1.165, 1.54) is 6.07 Å². The monoisotopic (exact) mass is 169 g/mol. The lowest BCUT2D eigenvalue weighted by Gasteiger charge is -2.04. The van der Waals surface area contributed by atoms with Gasteiger partial charge in [0.25, 0.3) is 5.56 Å². The molecule has 0 amide bonds. The van der Waals surface area contributed by atoms with E-state index in [0.29, 0.717) is 11.3 Å². The molecule has 1 aromatic heterocycles. The van der Waals surface area contributed by atoms with Crippen LogP contribution in [-0.2, 0) is 0 Å². The van der Waals surface area contributed by atoms with Crippen LogP contribution in [0.3, 0.4) is 0 Å². The minimum atomic E-state index is -0.349. The number of rotatable bonds is 1. The molecule has 0 bridgehead atoms. The van der Waals surface area contributed by atoms with Crippen LogP contribution in [0, 0.1) is 12.7 Å². The number of H-pyrrole nitrogens is 1. The summed E-state index contributed by atoms with van der Waals surface area (Å²) in [6, 6.07) is 1.30. The van der Waals surface area contributed by atoms with Crippen molar-refractivity contribution in [3.05, 3.63) is 33.5 Å². The van der Waals surface area contributed by atoms with Crippen LogP contribution in [0.25, 0.3) is 0 Å². The molecule has 0 saturated heterocycles. The van der Waals surface area contributed by atoms with Crippen LogP contribution in [-0.4, -0.2) is 4.98 Å². The largest absolute Gasteiger partial charge is 0.323 e. The lowest BCUT2D eigenvalue weighted by molar-refractivity contribution is 0.601. The van der Waals surface area contributed by atoms with Crippen LogP contribution < -0.4 is 5.56 Å². The molecule has 0 aliphatic carbocycles. The molecule has 0 aromatic carbocycles. The molecule has 0 saturated carbocycles. The third kappa shape index (κ3) is 1.55. The summed E-state index contributed by atoms with van der Waals surface area (Å²) in [6.07, 6.45) is 0. The molecular formula is C9H12FNO. The Balaban J connectivity index is 3.33. The molecular weight excluding hydrogens is 157 g/mol. The van der Waals surface area contributed by atoms with Gasteiger partial charge in [-0.3, -0.25) is 4.79 Å². The highest BCUT2D eigenvalue weighted by Crippen LogP contribution is 2.11. The summed E-state index contributed by atoms with van der Waals surface area (Å²) in [7, 11) is 0. The maximum atomic E-state index is 12.9. The van der Waals surface area contributed by atoms with Gasteiger partial charge in [-0.15, -0.1) is 0 Å². The van der Waals surface area contributed by atoms with Gasteiger partial charge < -0.3 is 4.98 Å². The number of aromatic nitrogens is 1. The Hall–Kier alpha value is -1.12. The maximum absolute atomic E-state index is 12.9. The standard InChI is InChI=1S/C9H12FNO/c1-5(2)7-4-8(10)6(3)11-9(7)12/h4-5H,1-3H3,(H,11,12). The van der Waals surface area contributed by atoms with Crippen molar-refractivity contribution >= 4 is 0 Å². The van der Waals surface area contributed by atoms with Crippen LogP contribution in [0.4, 0.5) is 4.39 Å². The van der Waals surface area contributed by atoms with Gasteiger partial charge in [-0.2, -0.15) is 0 Å². The number of aryl methyl sites for hydroxylation is 1. The summed E-state index contributed by atoms with van der Waals surface area (Å²) in [5.74, 6) is -0.290. The lowest BCUT2D eigenvalue weighted by atomic mass is 10.1. The first-order valence-corrected chi connectivity index (χ1v) is 3.91. The highest BCUT2D eigenvalue weighted by Gasteiger charge is 2.07. The van der Waals surface area contributed by atoms with Gasteiger partial charge in [0.2, 0.25) is 0 Å². The topological polar surface area (TPSA) is 32.9 Å². The average Bonchev–Trinajstić information content (AvgIpc) is 1.96. The van der Waals surface area contributed by atoms with E-state index in [9.17, 15) is 9.18 Å². The van der Waals surface area contributed by atoms with Gasteiger partial charge in [0.1, 0.15) is 5.82 Å². The zero-order chi connectivity index (χ0) is 9.30. The van der Waals surface area contributed by atoms with E-state index >= 15 is 0 Å². The minimum Gasteiger partial charge on any atom is -0.323 e. The molecule has 0 unspecified atom stereocenters. The second-order valence-corrected chi connectivity index (χ2v) is 3.18. The Morgan fingerprint density at radius 2 is 2.08 bits per heavy atom. The Kier molecular flexibility index (Phi) is 2.31. The van der Waals surface area contributed by atoms with Crippen molar-refractivity contribution in [2.75, 3.05) is 0 Å². The first kappa shape index (κ1) is 8.97. The summed E-state index contributed by atoms with van der Waals surface area (Å²) in [5.41, 5.74) is 0.603. The highest BCUT2D eigenvalue weighted by atomic mass is 19.1. The molecule has 1 N–H and O–H groups in total. The molecule has 66 valence electrons. The van der Waals surface area contributed by atoms with Crippen molar-refractivity contribution in [1.82, 2.24) is 4.98 Å². The SMILES string of the molecule is Cc1[nH]c(=O)c(C(C)C)cc1F. The van der Waals surface area contributed by atoms with E-state index in [-0.39, 0.29) is 17.3 Å². The number of pyridine rings is 1. The Labute approximate surface area is 70.4 Å². The number of hydrogen-bond donors (Lipinski definition) is 1. The van der Waals surface area contributed by atoms with Gasteiger partial charge >= 0.3 is 0 Å². The summed E-state index contributed by atoms with van der Waals surface area (Å²) < 4.78 is 12.9. The molecule has 3 heteroatoms. The molecule has 1 heterocycles. The number of aromatic amines is 1. The molecule has 12 heavy (non-hydrogen) atoms. The first-order valence-electron chi connectivity index (χ1n) is 3.91. The van der Waals surface area contributed by atoms with Gasteiger partial charge in [0.05, 0.1) is 5.69 Å². The Bertz CT molecular complexity index is 341. The predicted octanol–water partition coefficient (Wildman–Crippen LogP) is 1.95. The van der Waals surface area contributed by atoms with Crippen molar-refractivity contribution in [2.45, 2.75) is 26.7 Å². The fourth-order valence-electron chi connectivity index (χ4n) is 1.04. The van der Waals surface area contributed by atoms with Crippen molar-refractivity contribution in [3.63, 3.8) is 0 Å². The Morgan fingerprint density at radius 1 is 1.50 bits per heavy atom. The molecule has 0 atom stereocenters. The van der Waals surface area contributed by atoms with E-state index < -0.39 is 0 Å². The van der Waals surface area contributed by atoms with E-state index in [2.05, 4.69) is 4.98 Å². The van der Waals surface area contributed by atoms with Crippen LogP contribution in [0.1, 0.15) is 31.0 Å². The molecule has 0 fully saturated rings. The van der Waals surface area contributed by atoms with Crippen molar-refractivity contribution in [1.29, 1.82) is 0 Å². The second-order valence-electron chi connectivity index (χ2n) is 3.18. The van der Waals surface area contributed by atoms with E-state index in [4.69, 9.17) is 0 Å². The number of halogens is 1. The maximum Gasteiger partial charge on any atom is 0.251 e. The Morgan fingerprint density at radius 3 is 2.58 bits per heavy atom. The molecule has 0 aliphatic heterocycles. The molecule has 2 nitrogen and oxygen atoms in total. The average molecular weight is 169 g/mol. The zero-order valence-electron chi connectivity index (χ0n) is 7.44. The van der Waals surface area contributed by atoms with Crippen LogP contribution in [0.2, 0.25) is 0 Å². The summed E-state index contributed by atoms with van der Waals surface area (Å²) >= 11 is 0. The molecule has 0 radical (unpaired) electrons. The summed E-state index contributed by atoms with van der Waals surface area (Å²) in [5, 5.41) is 0. The van der Waals surface area contributed by atoms with Crippen molar-refractivity contribution < 1.29 is 4.39 Å². The summed E-state index contributed by atoms with van der Waals surface area (Å²) in [6.45, 7) is 5.26. The van der Waals surface area contributed by atoms with E-state index in [1.54, 1.807) is 6.92 Å². The minimum absolute atomic E-state index is 0.0591.